The minimum atomic E-state index is -0.571. The fourth-order valence-electron chi connectivity index (χ4n) is 1.41. The molecule has 0 saturated heterocycles. The Morgan fingerprint density at radius 2 is 1.76 bits per heavy atom. The predicted octanol–water partition coefficient (Wildman–Crippen LogP) is 3.23. The van der Waals surface area contributed by atoms with Gasteiger partial charge in [0.1, 0.15) is 5.75 Å². The van der Waals surface area contributed by atoms with Crippen LogP contribution in [0.3, 0.4) is 0 Å². The molecule has 0 fully saturated rings. The van der Waals surface area contributed by atoms with E-state index in [4.69, 9.17) is 22.1 Å². The molecule has 0 saturated carbocycles. The molecule has 0 aliphatic rings. The van der Waals surface area contributed by atoms with Crippen molar-refractivity contribution in [3.63, 3.8) is 0 Å². The lowest BCUT2D eigenvalue weighted by atomic mass is 10.2. The zero-order valence-corrected chi connectivity index (χ0v) is 9.65. The van der Waals surface area contributed by atoms with Crippen molar-refractivity contribution >= 4 is 17.5 Å². The summed E-state index contributed by atoms with van der Waals surface area (Å²) in [6.07, 6.45) is 0. The Labute approximate surface area is 104 Å². The van der Waals surface area contributed by atoms with Gasteiger partial charge in [-0.3, -0.25) is 4.79 Å². The van der Waals surface area contributed by atoms with Crippen LogP contribution in [-0.4, -0.2) is 5.91 Å². The molecule has 0 radical (unpaired) electrons. The molecule has 0 unspecified atom stereocenters. The molecule has 0 atom stereocenters. The van der Waals surface area contributed by atoms with Crippen molar-refractivity contribution in [2.24, 2.45) is 5.73 Å². The summed E-state index contributed by atoms with van der Waals surface area (Å²) < 4.78 is 5.57. The van der Waals surface area contributed by atoms with Crippen molar-refractivity contribution in [3.05, 3.63) is 59.1 Å². The first-order chi connectivity index (χ1) is 8.18. The van der Waals surface area contributed by atoms with Crippen LogP contribution in [0.4, 0.5) is 0 Å². The number of para-hydroxylation sites is 2. The van der Waals surface area contributed by atoms with Crippen molar-refractivity contribution in [1.82, 2.24) is 0 Å². The molecule has 3 nitrogen and oxygen atoms in total. The molecule has 2 aromatic carbocycles. The van der Waals surface area contributed by atoms with Crippen molar-refractivity contribution < 1.29 is 9.53 Å². The number of nitrogens with two attached hydrogens (primary N) is 1. The van der Waals surface area contributed by atoms with E-state index in [1.54, 1.807) is 30.3 Å². The summed E-state index contributed by atoms with van der Waals surface area (Å²) in [4.78, 5) is 11.2. The lowest BCUT2D eigenvalue weighted by Crippen LogP contribution is -2.12. The molecule has 17 heavy (non-hydrogen) atoms. The fourth-order valence-corrected chi connectivity index (χ4v) is 1.63. The number of hydrogen-bond acceptors (Lipinski definition) is 2. The van der Waals surface area contributed by atoms with Gasteiger partial charge < -0.3 is 10.5 Å². The molecule has 2 aromatic rings. The number of primary amides is 1. The topological polar surface area (TPSA) is 52.3 Å². The van der Waals surface area contributed by atoms with Gasteiger partial charge in [-0.2, -0.15) is 0 Å². The maximum Gasteiger partial charge on any atom is 0.252 e. The Hall–Kier alpha value is -2.00. The molecule has 0 aromatic heterocycles. The number of rotatable bonds is 3. The van der Waals surface area contributed by atoms with Crippen LogP contribution in [0.25, 0.3) is 0 Å². The first-order valence-electron chi connectivity index (χ1n) is 4.99. The van der Waals surface area contributed by atoms with Crippen molar-refractivity contribution in [2.45, 2.75) is 0 Å². The normalized spacial score (nSPS) is 9.94. The predicted molar refractivity (Wildman–Crippen MR) is 66.5 cm³/mol. The van der Waals surface area contributed by atoms with E-state index in [2.05, 4.69) is 0 Å². The highest BCUT2D eigenvalue weighted by atomic mass is 35.5. The third-order valence-electron chi connectivity index (χ3n) is 2.20. The molecule has 4 heteroatoms. The zero-order chi connectivity index (χ0) is 12.3. The molecule has 0 spiro atoms. The Kier molecular flexibility index (Phi) is 3.30. The van der Waals surface area contributed by atoms with Gasteiger partial charge in [0, 0.05) is 0 Å². The molecule has 0 aliphatic heterocycles. The minimum absolute atomic E-state index is 0.265. The molecule has 0 aliphatic carbocycles. The summed E-state index contributed by atoms with van der Waals surface area (Å²) in [5.74, 6) is 0.314. The highest BCUT2D eigenvalue weighted by Crippen LogP contribution is 2.32. The van der Waals surface area contributed by atoms with Crippen molar-refractivity contribution in [1.29, 1.82) is 0 Å². The van der Waals surface area contributed by atoms with E-state index in [-0.39, 0.29) is 11.3 Å². The molecule has 0 heterocycles. The quantitative estimate of drug-likeness (QED) is 0.905. The number of ether oxygens (including phenoxy) is 1. The number of carbonyl (C=O) groups excluding carboxylic acids is 1. The van der Waals surface area contributed by atoms with Crippen molar-refractivity contribution in [2.75, 3.05) is 0 Å². The maximum absolute atomic E-state index is 11.2. The van der Waals surface area contributed by atoms with E-state index in [0.29, 0.717) is 10.8 Å². The van der Waals surface area contributed by atoms with Gasteiger partial charge in [-0.25, -0.2) is 0 Å². The lowest BCUT2D eigenvalue weighted by Gasteiger charge is -2.10. The van der Waals surface area contributed by atoms with Gasteiger partial charge >= 0.3 is 0 Å². The van der Waals surface area contributed by atoms with Gasteiger partial charge in [-0.05, 0) is 24.3 Å². The van der Waals surface area contributed by atoms with E-state index in [1.165, 1.54) is 0 Å². The van der Waals surface area contributed by atoms with Crippen LogP contribution in [0.5, 0.6) is 11.5 Å². The van der Waals surface area contributed by atoms with E-state index >= 15 is 0 Å². The first kappa shape index (κ1) is 11.5. The van der Waals surface area contributed by atoms with Crippen LogP contribution in [0.1, 0.15) is 10.4 Å². The van der Waals surface area contributed by atoms with Gasteiger partial charge in [0.15, 0.2) is 5.75 Å². The zero-order valence-electron chi connectivity index (χ0n) is 8.89. The average Bonchev–Trinajstić information content (AvgIpc) is 2.33. The van der Waals surface area contributed by atoms with Crippen LogP contribution >= 0.6 is 11.6 Å². The standard InChI is InChI=1S/C13H10ClNO2/c14-11-8-4-7-10(13(15)16)12(11)17-9-5-2-1-3-6-9/h1-8H,(H2,15,16). The molecule has 2 rings (SSSR count). The van der Waals surface area contributed by atoms with E-state index in [0.717, 1.165) is 0 Å². The Morgan fingerprint density at radius 3 is 2.41 bits per heavy atom. The molecular formula is C13H10ClNO2. The number of benzene rings is 2. The summed E-state index contributed by atoms with van der Waals surface area (Å²) in [6.45, 7) is 0. The summed E-state index contributed by atoms with van der Waals surface area (Å²) in [7, 11) is 0. The SMILES string of the molecule is NC(=O)c1cccc(Cl)c1Oc1ccccc1. The Balaban J connectivity index is 2.41. The summed E-state index contributed by atoms with van der Waals surface area (Å²) in [5, 5.41) is 0.352. The maximum atomic E-state index is 11.2. The molecule has 1 amide bonds. The molecule has 2 N–H and O–H groups in total. The second-order valence-corrected chi connectivity index (χ2v) is 3.80. The summed E-state index contributed by atoms with van der Waals surface area (Å²) in [5.41, 5.74) is 5.52. The second-order valence-electron chi connectivity index (χ2n) is 3.40. The third-order valence-corrected chi connectivity index (χ3v) is 2.49. The third kappa shape index (κ3) is 2.57. The average molecular weight is 248 g/mol. The van der Waals surface area contributed by atoms with Crippen LogP contribution in [0.2, 0.25) is 5.02 Å². The molecule has 0 bridgehead atoms. The van der Waals surface area contributed by atoms with Crippen LogP contribution < -0.4 is 10.5 Å². The van der Waals surface area contributed by atoms with E-state index < -0.39 is 5.91 Å². The monoisotopic (exact) mass is 247 g/mol. The second kappa shape index (κ2) is 4.89. The smallest absolute Gasteiger partial charge is 0.252 e. The van der Waals surface area contributed by atoms with Crippen LogP contribution in [0, 0.1) is 0 Å². The Bertz CT molecular complexity index is 540. The summed E-state index contributed by atoms with van der Waals surface area (Å²) >= 11 is 5.99. The van der Waals surface area contributed by atoms with Gasteiger partial charge in [0.05, 0.1) is 10.6 Å². The number of halogens is 1. The highest BCUT2D eigenvalue weighted by Gasteiger charge is 2.13. The molecule has 86 valence electrons. The largest absolute Gasteiger partial charge is 0.455 e. The van der Waals surface area contributed by atoms with Crippen LogP contribution in [0.15, 0.2) is 48.5 Å². The highest BCUT2D eigenvalue weighted by molar-refractivity contribution is 6.32. The lowest BCUT2D eigenvalue weighted by molar-refractivity contribution is 0.0998. The van der Waals surface area contributed by atoms with Gasteiger partial charge in [-0.1, -0.05) is 35.9 Å². The van der Waals surface area contributed by atoms with Gasteiger partial charge in [0.2, 0.25) is 0 Å². The molecular weight excluding hydrogens is 238 g/mol. The summed E-state index contributed by atoms with van der Waals surface area (Å²) in [6, 6.07) is 13.9. The number of amides is 1. The fraction of sp³-hybridized carbons (Fsp3) is 0. The van der Waals surface area contributed by atoms with E-state index in [1.807, 2.05) is 18.2 Å². The van der Waals surface area contributed by atoms with E-state index in [9.17, 15) is 4.79 Å². The van der Waals surface area contributed by atoms with Crippen molar-refractivity contribution in [3.8, 4) is 11.5 Å². The van der Waals surface area contributed by atoms with Gasteiger partial charge in [-0.15, -0.1) is 0 Å². The minimum Gasteiger partial charge on any atom is -0.455 e. The first-order valence-corrected chi connectivity index (χ1v) is 5.37. The van der Waals surface area contributed by atoms with Crippen LogP contribution in [-0.2, 0) is 0 Å². The number of carbonyl (C=O) groups is 1. The Morgan fingerprint density at radius 1 is 1.06 bits per heavy atom. The number of hydrogen-bond donors (Lipinski definition) is 1. The van der Waals surface area contributed by atoms with Gasteiger partial charge in [0.25, 0.3) is 5.91 Å².